The molecule has 0 aromatic heterocycles. The highest BCUT2D eigenvalue weighted by Gasteiger charge is 2.10. The second kappa shape index (κ2) is 5.68. The van der Waals surface area contributed by atoms with E-state index < -0.39 is 11.9 Å². The van der Waals surface area contributed by atoms with Gasteiger partial charge in [-0.15, -0.1) is 0 Å². The minimum Gasteiger partial charge on any atom is -0.394 e. The molecule has 0 aromatic rings. The Balaban J connectivity index is 3.74. The molecule has 0 atom stereocenters. The van der Waals surface area contributed by atoms with Crippen molar-refractivity contribution in [2.24, 2.45) is 0 Å². The number of carbonyl (C=O) groups excluding carboxylic acids is 2. The largest absolute Gasteiger partial charge is 0.394 e. The number of Topliss-reactive ketones (excluding diaryl/α,β-unsaturated/α-hetero) is 1. The standard InChI is InChI=1S/C7H13NO4/c1-5(11)2-7(12)8-6(3-9)4-10/h6,9-10H,2-4H2,1H3,(H,8,12). The van der Waals surface area contributed by atoms with Crippen molar-refractivity contribution >= 4 is 11.7 Å². The molecule has 0 radical (unpaired) electrons. The van der Waals surface area contributed by atoms with Gasteiger partial charge in [0.2, 0.25) is 5.91 Å². The number of amides is 1. The molecule has 0 rings (SSSR count). The molecule has 1 amide bonds. The summed E-state index contributed by atoms with van der Waals surface area (Å²) in [6.07, 6.45) is -0.212. The van der Waals surface area contributed by atoms with Crippen LogP contribution < -0.4 is 5.32 Å². The molecule has 70 valence electrons. The van der Waals surface area contributed by atoms with Crippen molar-refractivity contribution in [2.75, 3.05) is 13.2 Å². The van der Waals surface area contributed by atoms with Crippen LogP contribution in [0.3, 0.4) is 0 Å². The Bertz CT molecular complexity index is 165. The van der Waals surface area contributed by atoms with E-state index in [0.717, 1.165) is 0 Å². The summed E-state index contributed by atoms with van der Waals surface area (Å²) in [4.78, 5) is 21.3. The number of aliphatic hydroxyl groups excluding tert-OH is 2. The highest BCUT2D eigenvalue weighted by molar-refractivity contribution is 5.96. The molecule has 0 bridgehead atoms. The first kappa shape index (κ1) is 11.1. The average molecular weight is 175 g/mol. The van der Waals surface area contributed by atoms with Gasteiger partial charge < -0.3 is 15.5 Å². The van der Waals surface area contributed by atoms with E-state index in [1.54, 1.807) is 0 Å². The average Bonchev–Trinajstić information content (AvgIpc) is 1.98. The fraction of sp³-hybridized carbons (Fsp3) is 0.714. The van der Waals surface area contributed by atoms with Crippen molar-refractivity contribution in [1.29, 1.82) is 0 Å². The highest BCUT2D eigenvalue weighted by atomic mass is 16.3. The number of hydrogen-bond donors (Lipinski definition) is 3. The summed E-state index contributed by atoms with van der Waals surface area (Å²) in [6, 6.07) is -0.670. The lowest BCUT2D eigenvalue weighted by atomic mass is 10.2. The first-order chi connectivity index (χ1) is 5.60. The van der Waals surface area contributed by atoms with Gasteiger partial charge in [0, 0.05) is 0 Å². The molecular formula is C7H13NO4. The molecule has 0 unspecified atom stereocenters. The van der Waals surface area contributed by atoms with Crippen LogP contribution in [0.4, 0.5) is 0 Å². The van der Waals surface area contributed by atoms with Gasteiger partial charge in [-0.25, -0.2) is 0 Å². The van der Waals surface area contributed by atoms with Gasteiger partial charge in [0.1, 0.15) is 5.78 Å². The quantitative estimate of drug-likeness (QED) is 0.441. The highest BCUT2D eigenvalue weighted by Crippen LogP contribution is 1.85. The third kappa shape index (κ3) is 4.81. The van der Waals surface area contributed by atoms with Crippen LogP contribution in [0.1, 0.15) is 13.3 Å². The van der Waals surface area contributed by atoms with E-state index in [1.165, 1.54) is 6.92 Å². The fourth-order valence-electron chi connectivity index (χ4n) is 0.654. The van der Waals surface area contributed by atoms with Gasteiger partial charge in [0.05, 0.1) is 25.7 Å². The lowest BCUT2D eigenvalue weighted by Gasteiger charge is -2.11. The van der Waals surface area contributed by atoms with Gasteiger partial charge in [0.25, 0.3) is 0 Å². The smallest absolute Gasteiger partial charge is 0.227 e. The van der Waals surface area contributed by atoms with Crippen molar-refractivity contribution < 1.29 is 19.8 Å². The number of nitrogens with one attached hydrogen (secondary N) is 1. The summed E-state index contributed by atoms with van der Waals surface area (Å²) in [5, 5.41) is 19.4. The molecule has 0 saturated carbocycles. The van der Waals surface area contributed by atoms with Crippen LogP contribution in [0.5, 0.6) is 0 Å². The number of hydrogen-bond acceptors (Lipinski definition) is 4. The maximum Gasteiger partial charge on any atom is 0.227 e. The van der Waals surface area contributed by atoms with Crippen LogP contribution in [0.2, 0.25) is 0 Å². The number of ketones is 1. The molecule has 0 saturated heterocycles. The second-order valence-corrected chi connectivity index (χ2v) is 2.51. The molecule has 5 nitrogen and oxygen atoms in total. The summed E-state index contributed by atoms with van der Waals surface area (Å²) < 4.78 is 0. The van der Waals surface area contributed by atoms with Gasteiger partial charge >= 0.3 is 0 Å². The van der Waals surface area contributed by atoms with Crippen LogP contribution in [-0.2, 0) is 9.59 Å². The van der Waals surface area contributed by atoms with E-state index >= 15 is 0 Å². The lowest BCUT2D eigenvalue weighted by molar-refractivity contribution is -0.128. The minimum atomic E-state index is -0.670. The number of carbonyl (C=O) groups is 2. The maximum absolute atomic E-state index is 10.8. The first-order valence-corrected chi connectivity index (χ1v) is 3.60. The van der Waals surface area contributed by atoms with Crippen LogP contribution in [0.15, 0.2) is 0 Å². The van der Waals surface area contributed by atoms with E-state index in [4.69, 9.17) is 10.2 Å². The molecule has 12 heavy (non-hydrogen) atoms. The maximum atomic E-state index is 10.8. The zero-order chi connectivity index (χ0) is 9.56. The van der Waals surface area contributed by atoms with Crippen molar-refractivity contribution in [1.82, 2.24) is 5.32 Å². The zero-order valence-corrected chi connectivity index (χ0v) is 6.91. The number of rotatable bonds is 5. The van der Waals surface area contributed by atoms with Crippen LogP contribution in [-0.4, -0.2) is 41.2 Å². The van der Waals surface area contributed by atoms with Crippen LogP contribution >= 0.6 is 0 Å². The normalized spacial score (nSPS) is 10.0. The fourth-order valence-corrected chi connectivity index (χ4v) is 0.654. The van der Waals surface area contributed by atoms with E-state index in [1.807, 2.05) is 0 Å². The number of aliphatic hydroxyl groups is 2. The van der Waals surface area contributed by atoms with Crippen LogP contribution in [0.25, 0.3) is 0 Å². The molecule has 0 fully saturated rings. The van der Waals surface area contributed by atoms with Crippen LogP contribution in [0, 0.1) is 0 Å². The Morgan fingerprint density at radius 3 is 2.17 bits per heavy atom. The van der Waals surface area contributed by atoms with Crippen molar-refractivity contribution in [3.8, 4) is 0 Å². The van der Waals surface area contributed by atoms with Gasteiger partial charge in [-0.2, -0.15) is 0 Å². The van der Waals surface area contributed by atoms with Gasteiger partial charge in [0.15, 0.2) is 0 Å². The first-order valence-electron chi connectivity index (χ1n) is 3.60. The van der Waals surface area contributed by atoms with Gasteiger partial charge in [-0.3, -0.25) is 9.59 Å². The van der Waals surface area contributed by atoms with Crippen molar-refractivity contribution in [3.05, 3.63) is 0 Å². The van der Waals surface area contributed by atoms with Gasteiger partial charge in [-0.05, 0) is 6.92 Å². The molecular weight excluding hydrogens is 162 g/mol. The lowest BCUT2D eigenvalue weighted by Crippen LogP contribution is -2.40. The Labute approximate surface area is 70.4 Å². The summed E-state index contributed by atoms with van der Waals surface area (Å²) in [5.41, 5.74) is 0. The Kier molecular flexibility index (Phi) is 5.23. The summed E-state index contributed by atoms with van der Waals surface area (Å²) >= 11 is 0. The Morgan fingerprint density at radius 2 is 1.83 bits per heavy atom. The molecule has 0 aromatic carbocycles. The van der Waals surface area contributed by atoms with Gasteiger partial charge in [-0.1, -0.05) is 0 Å². The summed E-state index contributed by atoms with van der Waals surface area (Å²) in [5.74, 6) is -0.724. The second-order valence-electron chi connectivity index (χ2n) is 2.51. The van der Waals surface area contributed by atoms with E-state index in [0.29, 0.717) is 0 Å². The molecule has 0 aliphatic carbocycles. The molecule has 3 N–H and O–H groups in total. The molecule has 0 aliphatic rings. The summed E-state index contributed by atoms with van der Waals surface area (Å²) in [6.45, 7) is 0.632. The topological polar surface area (TPSA) is 86.6 Å². The predicted octanol–water partition coefficient (Wildman–Crippen LogP) is -1.57. The van der Waals surface area contributed by atoms with Crippen molar-refractivity contribution in [3.63, 3.8) is 0 Å². The minimum absolute atomic E-state index is 0.212. The molecule has 5 heteroatoms. The van der Waals surface area contributed by atoms with Crippen molar-refractivity contribution in [2.45, 2.75) is 19.4 Å². The molecule has 0 heterocycles. The van der Waals surface area contributed by atoms with E-state index in [9.17, 15) is 9.59 Å². The molecule has 0 aliphatic heterocycles. The Morgan fingerprint density at radius 1 is 1.33 bits per heavy atom. The van der Waals surface area contributed by atoms with E-state index in [2.05, 4.69) is 5.32 Å². The summed E-state index contributed by atoms with van der Waals surface area (Å²) in [7, 11) is 0. The third-order valence-electron chi connectivity index (χ3n) is 1.22. The third-order valence-corrected chi connectivity index (χ3v) is 1.22. The monoisotopic (exact) mass is 175 g/mol. The zero-order valence-electron chi connectivity index (χ0n) is 6.91. The Hall–Kier alpha value is -0.940. The van der Waals surface area contributed by atoms with E-state index in [-0.39, 0.29) is 25.4 Å². The predicted molar refractivity (Wildman–Crippen MR) is 41.4 cm³/mol. The molecule has 0 spiro atoms. The SMILES string of the molecule is CC(=O)CC(=O)NC(CO)CO.